The average molecular weight is 259 g/mol. The molecule has 4 nitrogen and oxygen atoms in total. The Labute approximate surface area is 90.5 Å². The first-order chi connectivity index (χ1) is 6.68. The van der Waals surface area contributed by atoms with Gasteiger partial charge in [-0.1, -0.05) is 28.1 Å². The molecular formula is C9H11BrN2O2. The van der Waals surface area contributed by atoms with Gasteiger partial charge in [0.2, 0.25) is 5.91 Å². The summed E-state index contributed by atoms with van der Waals surface area (Å²) in [4.78, 5) is 15.1. The first-order valence-electron chi connectivity index (χ1n) is 4.06. The van der Waals surface area contributed by atoms with Crippen molar-refractivity contribution in [1.82, 2.24) is 5.48 Å². The van der Waals surface area contributed by atoms with Gasteiger partial charge < -0.3 is 5.73 Å². The maximum Gasteiger partial charge on any atom is 0.245 e. The van der Waals surface area contributed by atoms with Crippen molar-refractivity contribution >= 4 is 21.8 Å². The van der Waals surface area contributed by atoms with E-state index in [1.165, 1.54) is 0 Å². The van der Waals surface area contributed by atoms with Gasteiger partial charge in [0, 0.05) is 11.0 Å². The molecule has 0 aliphatic carbocycles. The second-order valence-corrected chi connectivity index (χ2v) is 3.62. The lowest BCUT2D eigenvalue weighted by molar-refractivity contribution is -0.125. The lowest BCUT2D eigenvalue weighted by Gasteiger charge is -2.03. The molecule has 0 radical (unpaired) electrons. The molecule has 1 aromatic rings. The Morgan fingerprint density at radius 1 is 1.43 bits per heavy atom. The molecule has 0 aliphatic heterocycles. The number of hydrogen-bond donors (Lipinski definition) is 2. The number of hydrogen-bond acceptors (Lipinski definition) is 3. The van der Waals surface area contributed by atoms with Crippen LogP contribution in [0, 0.1) is 0 Å². The Balaban J connectivity index is 2.25. The zero-order chi connectivity index (χ0) is 10.4. The number of halogens is 1. The van der Waals surface area contributed by atoms with Gasteiger partial charge in [-0.25, -0.2) is 0 Å². The predicted octanol–water partition coefficient (Wildman–Crippen LogP) is 0.956. The van der Waals surface area contributed by atoms with Crippen LogP contribution in [0.5, 0.6) is 0 Å². The van der Waals surface area contributed by atoms with Crippen molar-refractivity contribution in [2.24, 2.45) is 5.73 Å². The minimum Gasteiger partial charge on any atom is -0.368 e. The van der Waals surface area contributed by atoms with Gasteiger partial charge in [-0.15, -0.1) is 0 Å². The third kappa shape index (κ3) is 4.36. The summed E-state index contributed by atoms with van der Waals surface area (Å²) >= 11 is 3.33. The fourth-order valence-electron chi connectivity index (χ4n) is 0.859. The van der Waals surface area contributed by atoms with E-state index in [1.807, 2.05) is 24.3 Å². The van der Waals surface area contributed by atoms with E-state index in [0.29, 0.717) is 6.54 Å². The minimum atomic E-state index is -0.492. The van der Waals surface area contributed by atoms with E-state index in [-0.39, 0.29) is 6.61 Å². The molecular weight excluding hydrogens is 248 g/mol. The van der Waals surface area contributed by atoms with Crippen molar-refractivity contribution in [2.75, 3.05) is 6.61 Å². The summed E-state index contributed by atoms with van der Waals surface area (Å²) in [5.41, 5.74) is 8.59. The SMILES string of the molecule is NC(=O)CONCc1ccc(Br)cc1. The van der Waals surface area contributed by atoms with Crippen LogP contribution in [0.1, 0.15) is 5.56 Å². The second-order valence-electron chi connectivity index (χ2n) is 2.70. The number of primary amides is 1. The summed E-state index contributed by atoms with van der Waals surface area (Å²) in [6, 6.07) is 7.77. The smallest absolute Gasteiger partial charge is 0.245 e. The Hall–Kier alpha value is -0.910. The Morgan fingerprint density at radius 2 is 2.07 bits per heavy atom. The van der Waals surface area contributed by atoms with E-state index in [9.17, 15) is 4.79 Å². The molecule has 0 aliphatic rings. The number of carbonyl (C=O) groups is 1. The number of benzene rings is 1. The van der Waals surface area contributed by atoms with Gasteiger partial charge in [-0.2, -0.15) is 5.48 Å². The van der Waals surface area contributed by atoms with Gasteiger partial charge in [0.15, 0.2) is 0 Å². The Kier molecular flexibility index (Phi) is 4.58. The van der Waals surface area contributed by atoms with E-state index in [1.54, 1.807) is 0 Å². The molecule has 0 heterocycles. The molecule has 0 saturated carbocycles. The summed E-state index contributed by atoms with van der Waals surface area (Å²) in [7, 11) is 0. The maximum atomic E-state index is 10.3. The summed E-state index contributed by atoms with van der Waals surface area (Å²) in [6.07, 6.45) is 0. The molecule has 3 N–H and O–H groups in total. The zero-order valence-corrected chi connectivity index (χ0v) is 9.08. The lowest BCUT2D eigenvalue weighted by Crippen LogP contribution is -2.24. The van der Waals surface area contributed by atoms with E-state index < -0.39 is 5.91 Å². The summed E-state index contributed by atoms with van der Waals surface area (Å²) < 4.78 is 1.03. The van der Waals surface area contributed by atoms with Crippen LogP contribution < -0.4 is 11.2 Å². The Bertz CT molecular complexity index is 300. The molecule has 14 heavy (non-hydrogen) atoms. The molecule has 0 aromatic heterocycles. The van der Waals surface area contributed by atoms with Crippen LogP contribution in [0.2, 0.25) is 0 Å². The van der Waals surface area contributed by atoms with E-state index >= 15 is 0 Å². The standard InChI is InChI=1S/C9H11BrN2O2/c10-8-3-1-7(2-4-8)5-12-14-6-9(11)13/h1-4,12H,5-6H2,(H2,11,13). The number of nitrogens with one attached hydrogen (secondary N) is 1. The monoisotopic (exact) mass is 258 g/mol. The topological polar surface area (TPSA) is 64.4 Å². The third-order valence-electron chi connectivity index (χ3n) is 1.51. The zero-order valence-electron chi connectivity index (χ0n) is 7.50. The van der Waals surface area contributed by atoms with Crippen molar-refractivity contribution in [1.29, 1.82) is 0 Å². The molecule has 0 unspecified atom stereocenters. The minimum absolute atomic E-state index is 0.115. The highest BCUT2D eigenvalue weighted by Gasteiger charge is 1.95. The molecule has 1 amide bonds. The van der Waals surface area contributed by atoms with Crippen LogP contribution >= 0.6 is 15.9 Å². The number of nitrogens with two attached hydrogens (primary N) is 1. The van der Waals surface area contributed by atoms with Gasteiger partial charge >= 0.3 is 0 Å². The molecule has 0 atom stereocenters. The molecule has 1 aromatic carbocycles. The largest absolute Gasteiger partial charge is 0.368 e. The molecule has 0 saturated heterocycles. The van der Waals surface area contributed by atoms with E-state index in [2.05, 4.69) is 21.4 Å². The number of rotatable bonds is 5. The van der Waals surface area contributed by atoms with Gasteiger partial charge in [0.05, 0.1) is 0 Å². The second kappa shape index (κ2) is 5.74. The molecule has 0 bridgehead atoms. The predicted molar refractivity (Wildman–Crippen MR) is 56.1 cm³/mol. The number of carbonyl (C=O) groups excluding carboxylic acids is 1. The fourth-order valence-corrected chi connectivity index (χ4v) is 1.12. The van der Waals surface area contributed by atoms with E-state index in [0.717, 1.165) is 10.0 Å². The maximum absolute atomic E-state index is 10.3. The highest BCUT2D eigenvalue weighted by Crippen LogP contribution is 2.09. The highest BCUT2D eigenvalue weighted by molar-refractivity contribution is 9.10. The van der Waals surface area contributed by atoms with Gasteiger partial charge in [0.1, 0.15) is 6.61 Å². The number of hydroxylamine groups is 1. The average Bonchev–Trinajstić information content (AvgIpc) is 2.15. The Morgan fingerprint density at radius 3 is 2.64 bits per heavy atom. The molecule has 76 valence electrons. The number of amides is 1. The van der Waals surface area contributed by atoms with Gasteiger partial charge in [-0.05, 0) is 17.7 Å². The van der Waals surface area contributed by atoms with Crippen molar-refractivity contribution in [2.45, 2.75) is 6.54 Å². The van der Waals surface area contributed by atoms with E-state index in [4.69, 9.17) is 10.6 Å². The molecule has 1 rings (SSSR count). The molecule has 5 heteroatoms. The van der Waals surface area contributed by atoms with Crippen molar-refractivity contribution in [3.05, 3.63) is 34.3 Å². The normalized spacial score (nSPS) is 10.1. The quantitative estimate of drug-likeness (QED) is 0.611. The molecule has 0 spiro atoms. The van der Waals surface area contributed by atoms with Crippen LogP contribution in [-0.2, 0) is 16.2 Å². The highest BCUT2D eigenvalue weighted by atomic mass is 79.9. The fraction of sp³-hybridized carbons (Fsp3) is 0.222. The first-order valence-corrected chi connectivity index (χ1v) is 4.85. The van der Waals surface area contributed by atoms with Crippen LogP contribution in [0.3, 0.4) is 0 Å². The van der Waals surface area contributed by atoms with Crippen LogP contribution in [0.4, 0.5) is 0 Å². The lowest BCUT2D eigenvalue weighted by atomic mass is 10.2. The summed E-state index contributed by atoms with van der Waals surface area (Å²) in [6.45, 7) is 0.428. The van der Waals surface area contributed by atoms with Crippen LogP contribution in [-0.4, -0.2) is 12.5 Å². The summed E-state index contributed by atoms with van der Waals surface area (Å²) in [5.74, 6) is -0.492. The van der Waals surface area contributed by atoms with Crippen molar-refractivity contribution in [3.63, 3.8) is 0 Å². The van der Waals surface area contributed by atoms with Crippen LogP contribution in [0.15, 0.2) is 28.7 Å². The summed E-state index contributed by atoms with van der Waals surface area (Å²) in [5, 5.41) is 0. The first kappa shape index (κ1) is 11.2. The molecule has 0 fully saturated rings. The van der Waals surface area contributed by atoms with Gasteiger partial charge in [0.25, 0.3) is 0 Å². The van der Waals surface area contributed by atoms with Crippen molar-refractivity contribution in [3.8, 4) is 0 Å². The third-order valence-corrected chi connectivity index (χ3v) is 2.03. The van der Waals surface area contributed by atoms with Gasteiger partial charge in [-0.3, -0.25) is 9.63 Å². The van der Waals surface area contributed by atoms with Crippen LogP contribution in [0.25, 0.3) is 0 Å². The van der Waals surface area contributed by atoms with Crippen molar-refractivity contribution < 1.29 is 9.63 Å².